The first kappa shape index (κ1) is 25.1. The molecule has 1 aliphatic heterocycles. The van der Waals surface area contributed by atoms with Crippen molar-refractivity contribution in [3.05, 3.63) is 78.1 Å². The molecular weight excluding hydrogens is 521 g/mol. The van der Waals surface area contributed by atoms with Gasteiger partial charge >= 0.3 is 5.69 Å². The summed E-state index contributed by atoms with van der Waals surface area (Å²) in [6, 6.07) is 6.86. The molecule has 0 aliphatic carbocycles. The molecule has 0 unspecified atom stereocenters. The van der Waals surface area contributed by atoms with E-state index >= 15 is 0 Å². The molecule has 0 bridgehead atoms. The second-order valence-corrected chi connectivity index (χ2v) is 11.5. The topological polar surface area (TPSA) is 91.0 Å². The highest BCUT2D eigenvalue weighted by Gasteiger charge is 2.30. The third-order valence-electron chi connectivity index (χ3n) is 6.17. The minimum absolute atomic E-state index is 0.0661. The van der Waals surface area contributed by atoms with E-state index < -0.39 is 0 Å². The van der Waals surface area contributed by atoms with Crippen LogP contribution in [0.4, 0.5) is 0 Å². The Morgan fingerprint density at radius 3 is 2.81 bits per heavy atom. The molecule has 4 aromatic rings. The smallest absolute Gasteiger partial charge is 0.331 e. The fourth-order valence-corrected chi connectivity index (χ4v) is 6.19. The monoisotopic (exact) mass is 545 g/mol. The molecule has 0 spiro atoms. The van der Waals surface area contributed by atoms with E-state index in [4.69, 9.17) is 27.9 Å². The van der Waals surface area contributed by atoms with Gasteiger partial charge in [0.15, 0.2) is 0 Å². The Balaban J connectivity index is 1.58. The van der Waals surface area contributed by atoms with Crippen LogP contribution in [0.5, 0.6) is 0 Å². The SMILES string of the molecule is Cn1ccc(=O)n(Cc2cc3ncnc(-c4cc(Cl)cc(Cl)c4C[C@@H]4CNCC(C)(C)O4)c3s2)c1=O. The van der Waals surface area contributed by atoms with Crippen LogP contribution in [0.15, 0.2) is 46.4 Å². The summed E-state index contributed by atoms with van der Waals surface area (Å²) >= 11 is 14.6. The number of nitrogens with one attached hydrogen (secondary N) is 1. The van der Waals surface area contributed by atoms with Crippen molar-refractivity contribution in [2.75, 3.05) is 13.1 Å². The molecule has 1 N–H and O–H groups in total. The standard InChI is InChI=1S/C25H25Cl2N5O3S/c1-25(2)12-28-10-15(35-25)8-17-18(6-14(26)7-19(17)27)22-23-20(29-13-30-22)9-16(36-23)11-32-21(33)4-5-31(3)24(32)34/h4-7,9,13,15,28H,8,10-12H2,1-3H3/t15-/m1/s1. The van der Waals surface area contributed by atoms with Gasteiger partial charge in [0.05, 0.1) is 34.2 Å². The highest BCUT2D eigenvalue weighted by Crippen LogP contribution is 2.39. The molecule has 1 aromatic carbocycles. The first-order chi connectivity index (χ1) is 17.1. The molecule has 11 heteroatoms. The lowest BCUT2D eigenvalue weighted by atomic mass is 9.96. The molecule has 0 radical (unpaired) electrons. The van der Waals surface area contributed by atoms with Crippen LogP contribution in [0, 0.1) is 0 Å². The lowest BCUT2D eigenvalue weighted by molar-refractivity contribution is -0.0927. The van der Waals surface area contributed by atoms with Crippen LogP contribution < -0.4 is 16.6 Å². The molecule has 3 aromatic heterocycles. The van der Waals surface area contributed by atoms with Crippen LogP contribution in [0.2, 0.25) is 10.0 Å². The van der Waals surface area contributed by atoms with Gasteiger partial charge in [-0.05, 0) is 37.6 Å². The van der Waals surface area contributed by atoms with Gasteiger partial charge in [-0.25, -0.2) is 14.8 Å². The molecule has 1 fully saturated rings. The molecule has 0 amide bonds. The van der Waals surface area contributed by atoms with Crippen molar-refractivity contribution < 1.29 is 4.74 Å². The Morgan fingerprint density at radius 1 is 1.22 bits per heavy atom. The number of thiophene rings is 1. The van der Waals surface area contributed by atoms with E-state index in [1.165, 1.54) is 39.1 Å². The van der Waals surface area contributed by atoms with Gasteiger partial charge in [0.25, 0.3) is 5.56 Å². The first-order valence-corrected chi connectivity index (χ1v) is 13.1. The van der Waals surface area contributed by atoms with Crippen molar-refractivity contribution in [1.29, 1.82) is 0 Å². The molecule has 1 atom stereocenters. The van der Waals surface area contributed by atoms with E-state index in [0.717, 1.165) is 32.8 Å². The number of hydrogen-bond acceptors (Lipinski definition) is 7. The second kappa shape index (κ2) is 9.72. The Morgan fingerprint density at radius 2 is 2.03 bits per heavy atom. The Kier molecular flexibility index (Phi) is 6.78. The van der Waals surface area contributed by atoms with Crippen LogP contribution in [0.1, 0.15) is 24.3 Å². The van der Waals surface area contributed by atoms with Crippen molar-refractivity contribution in [1.82, 2.24) is 24.4 Å². The predicted octanol–water partition coefficient (Wildman–Crippen LogP) is 3.88. The largest absolute Gasteiger partial charge is 0.369 e. The van der Waals surface area contributed by atoms with Crippen LogP contribution in [-0.4, -0.2) is 43.9 Å². The maximum Gasteiger partial charge on any atom is 0.331 e. The fraction of sp³-hybridized carbons (Fsp3) is 0.360. The highest BCUT2D eigenvalue weighted by atomic mass is 35.5. The van der Waals surface area contributed by atoms with Gasteiger partial charge in [-0.2, -0.15) is 0 Å². The average molecular weight is 546 g/mol. The van der Waals surface area contributed by atoms with Crippen molar-refractivity contribution in [3.8, 4) is 11.3 Å². The minimum Gasteiger partial charge on any atom is -0.369 e. The maximum absolute atomic E-state index is 12.5. The summed E-state index contributed by atoms with van der Waals surface area (Å²) in [7, 11) is 1.61. The third-order valence-corrected chi connectivity index (χ3v) is 7.84. The third kappa shape index (κ3) is 4.99. The molecule has 8 nitrogen and oxygen atoms in total. The van der Waals surface area contributed by atoms with Gasteiger partial charge in [-0.1, -0.05) is 23.2 Å². The summed E-state index contributed by atoms with van der Waals surface area (Å²) in [6.45, 7) is 5.76. The average Bonchev–Trinajstić information content (AvgIpc) is 3.23. The number of morpholine rings is 1. The Hall–Kier alpha value is -2.56. The number of fused-ring (bicyclic) bond motifs is 1. The fourth-order valence-electron chi connectivity index (χ4n) is 4.52. The summed E-state index contributed by atoms with van der Waals surface area (Å²) < 4.78 is 9.71. The summed E-state index contributed by atoms with van der Waals surface area (Å²) in [4.78, 5) is 34.7. The number of benzene rings is 1. The number of aromatic nitrogens is 4. The van der Waals surface area contributed by atoms with E-state index in [9.17, 15) is 9.59 Å². The van der Waals surface area contributed by atoms with Crippen LogP contribution in [0.3, 0.4) is 0 Å². The van der Waals surface area contributed by atoms with Gasteiger partial charge in [0, 0.05) is 59.3 Å². The van der Waals surface area contributed by atoms with Crippen LogP contribution in [0.25, 0.3) is 21.5 Å². The van der Waals surface area contributed by atoms with Crippen molar-refractivity contribution in [3.63, 3.8) is 0 Å². The molecule has 1 aliphatic rings. The number of rotatable bonds is 5. The van der Waals surface area contributed by atoms with Gasteiger partial charge in [-0.15, -0.1) is 11.3 Å². The zero-order valence-corrected chi connectivity index (χ0v) is 22.4. The molecule has 36 heavy (non-hydrogen) atoms. The zero-order chi connectivity index (χ0) is 25.6. The number of aryl methyl sites for hydroxylation is 1. The number of halogens is 2. The number of ether oxygens (including phenoxy) is 1. The molecule has 5 rings (SSSR count). The van der Waals surface area contributed by atoms with Crippen molar-refractivity contribution >= 4 is 44.8 Å². The summed E-state index contributed by atoms with van der Waals surface area (Å²) in [6.07, 6.45) is 3.49. The Labute approximate surface area is 221 Å². The quantitative estimate of drug-likeness (QED) is 0.409. The Bertz CT molecular complexity index is 1580. The van der Waals surface area contributed by atoms with E-state index in [0.29, 0.717) is 28.7 Å². The van der Waals surface area contributed by atoms with Crippen LogP contribution in [-0.2, 0) is 24.8 Å². The molecule has 188 valence electrons. The lowest BCUT2D eigenvalue weighted by Gasteiger charge is -2.37. The lowest BCUT2D eigenvalue weighted by Crippen LogP contribution is -2.51. The second-order valence-electron chi connectivity index (χ2n) is 9.53. The molecular formula is C25H25Cl2N5O3S. The van der Waals surface area contributed by atoms with Crippen molar-refractivity contribution in [2.24, 2.45) is 7.05 Å². The van der Waals surface area contributed by atoms with E-state index in [1.54, 1.807) is 13.1 Å². The van der Waals surface area contributed by atoms with Gasteiger partial charge in [0.1, 0.15) is 6.33 Å². The number of hydrogen-bond donors (Lipinski definition) is 1. The molecule has 4 heterocycles. The minimum atomic E-state index is -0.376. The van der Waals surface area contributed by atoms with Gasteiger partial charge < -0.3 is 14.6 Å². The molecule has 0 saturated carbocycles. The first-order valence-electron chi connectivity index (χ1n) is 11.5. The maximum atomic E-state index is 12.5. The van der Waals surface area contributed by atoms with E-state index in [2.05, 4.69) is 29.1 Å². The summed E-state index contributed by atoms with van der Waals surface area (Å²) in [5, 5.41) is 4.48. The molecule has 1 saturated heterocycles. The van der Waals surface area contributed by atoms with E-state index in [1.807, 2.05) is 12.1 Å². The van der Waals surface area contributed by atoms with E-state index in [-0.39, 0.29) is 29.5 Å². The van der Waals surface area contributed by atoms with Crippen molar-refractivity contribution in [2.45, 2.75) is 38.5 Å². The normalized spacial score (nSPS) is 17.5. The zero-order valence-electron chi connectivity index (χ0n) is 20.0. The van der Waals surface area contributed by atoms with Gasteiger partial charge in [0.2, 0.25) is 0 Å². The van der Waals surface area contributed by atoms with Crippen LogP contribution >= 0.6 is 34.5 Å². The predicted molar refractivity (Wildman–Crippen MR) is 143 cm³/mol. The summed E-state index contributed by atoms with van der Waals surface area (Å²) in [5.41, 5.74) is 2.13. The summed E-state index contributed by atoms with van der Waals surface area (Å²) in [5.74, 6) is 0. The van der Waals surface area contributed by atoms with Gasteiger partial charge in [-0.3, -0.25) is 9.36 Å². The highest BCUT2D eigenvalue weighted by molar-refractivity contribution is 7.19. The number of nitrogens with zero attached hydrogens (tertiary/aromatic N) is 4.